The molecule has 2 aromatic rings. The van der Waals surface area contributed by atoms with Crippen molar-refractivity contribution >= 4 is 29.4 Å². The number of amides is 3. The van der Waals surface area contributed by atoms with E-state index in [4.69, 9.17) is 0 Å². The predicted octanol–water partition coefficient (Wildman–Crippen LogP) is 3.74. The number of anilines is 1. The summed E-state index contributed by atoms with van der Waals surface area (Å²) in [5.74, 6) is 0.0578. The smallest absolute Gasteiger partial charge is 0.303 e. The zero-order chi connectivity index (χ0) is 20.7. The van der Waals surface area contributed by atoms with E-state index in [1.165, 1.54) is 34.7 Å². The van der Waals surface area contributed by atoms with Gasteiger partial charge in [0.2, 0.25) is 0 Å². The molecule has 3 heterocycles. The third kappa shape index (κ3) is 3.30. The van der Waals surface area contributed by atoms with Gasteiger partial charge in [0.15, 0.2) is 0 Å². The molecule has 0 bridgehead atoms. The number of carbonyl (C=O) groups is 2. The highest BCUT2D eigenvalue weighted by atomic mass is 32.2. The summed E-state index contributed by atoms with van der Waals surface area (Å²) < 4.78 is 13.3. The van der Waals surface area contributed by atoms with Crippen molar-refractivity contribution in [2.24, 2.45) is 0 Å². The second-order valence-corrected chi connectivity index (χ2v) is 9.53. The first-order valence-electron chi connectivity index (χ1n) is 10.4. The summed E-state index contributed by atoms with van der Waals surface area (Å²) in [4.78, 5) is 31.4. The molecule has 1 spiro atoms. The first-order valence-corrected chi connectivity index (χ1v) is 11.4. The zero-order valence-corrected chi connectivity index (χ0v) is 17.5. The Balaban J connectivity index is 1.27. The van der Waals surface area contributed by atoms with Crippen LogP contribution in [0.25, 0.3) is 0 Å². The molecule has 0 N–H and O–H groups in total. The average molecular weight is 426 g/mol. The molecule has 0 unspecified atom stereocenters. The molecular weight excluding hydrogens is 401 g/mol. The molecule has 0 aromatic heterocycles. The SMILES string of the molecule is O=C1[C@@H]2CSC3(CCN(CCc4ccccc4)CC3)N2C(=O)N1c1ccc(F)cc1. The van der Waals surface area contributed by atoms with Crippen LogP contribution in [0.3, 0.4) is 0 Å². The van der Waals surface area contributed by atoms with Gasteiger partial charge in [-0.25, -0.2) is 14.1 Å². The van der Waals surface area contributed by atoms with E-state index in [2.05, 4.69) is 29.2 Å². The van der Waals surface area contributed by atoms with Crippen molar-refractivity contribution in [1.29, 1.82) is 0 Å². The van der Waals surface area contributed by atoms with Crippen molar-refractivity contribution in [3.63, 3.8) is 0 Å². The number of fused-ring (bicyclic) bond motifs is 2. The molecule has 3 fully saturated rings. The Bertz CT molecular complexity index is 945. The maximum Gasteiger partial charge on any atom is 0.333 e. The normalized spacial score (nSPS) is 23.4. The summed E-state index contributed by atoms with van der Waals surface area (Å²) in [5, 5.41) is 0. The van der Waals surface area contributed by atoms with Crippen LogP contribution in [-0.2, 0) is 11.2 Å². The monoisotopic (exact) mass is 425 g/mol. The quantitative estimate of drug-likeness (QED) is 0.700. The number of thioether (sulfide) groups is 1. The average Bonchev–Trinajstić information content (AvgIpc) is 3.26. The van der Waals surface area contributed by atoms with Crippen molar-refractivity contribution in [3.8, 4) is 0 Å². The number of likely N-dealkylation sites (tertiary alicyclic amines) is 1. The van der Waals surface area contributed by atoms with E-state index < -0.39 is 6.04 Å². The van der Waals surface area contributed by atoms with Crippen LogP contribution in [0.4, 0.5) is 14.9 Å². The number of nitrogens with zero attached hydrogens (tertiary/aromatic N) is 3. The van der Waals surface area contributed by atoms with Crippen molar-refractivity contribution in [3.05, 3.63) is 66.0 Å². The van der Waals surface area contributed by atoms with Crippen molar-refractivity contribution in [1.82, 2.24) is 9.80 Å². The van der Waals surface area contributed by atoms with Gasteiger partial charge in [0.25, 0.3) is 5.91 Å². The van der Waals surface area contributed by atoms with E-state index in [1.807, 2.05) is 11.0 Å². The fraction of sp³-hybridized carbons (Fsp3) is 0.391. The molecule has 3 aliphatic rings. The van der Waals surface area contributed by atoms with Gasteiger partial charge in [-0.2, -0.15) is 0 Å². The summed E-state index contributed by atoms with van der Waals surface area (Å²) >= 11 is 1.75. The second-order valence-electron chi connectivity index (χ2n) is 8.15. The maximum absolute atomic E-state index is 13.3. The van der Waals surface area contributed by atoms with E-state index >= 15 is 0 Å². The third-order valence-corrected chi connectivity index (χ3v) is 8.07. The van der Waals surface area contributed by atoms with Crippen LogP contribution in [0, 0.1) is 5.82 Å². The van der Waals surface area contributed by atoms with Crippen LogP contribution in [0.1, 0.15) is 18.4 Å². The Morgan fingerprint density at radius 3 is 2.40 bits per heavy atom. The largest absolute Gasteiger partial charge is 0.333 e. The number of urea groups is 1. The first-order chi connectivity index (χ1) is 14.6. The van der Waals surface area contributed by atoms with Crippen molar-refractivity contribution < 1.29 is 14.0 Å². The topological polar surface area (TPSA) is 43.9 Å². The zero-order valence-electron chi connectivity index (χ0n) is 16.7. The van der Waals surface area contributed by atoms with E-state index in [0.29, 0.717) is 11.4 Å². The minimum absolute atomic E-state index is 0.192. The highest BCUT2D eigenvalue weighted by molar-refractivity contribution is 8.01. The van der Waals surface area contributed by atoms with Gasteiger partial charge in [0.1, 0.15) is 11.9 Å². The summed E-state index contributed by atoms with van der Waals surface area (Å²) in [7, 11) is 0. The first kappa shape index (κ1) is 19.6. The standard InChI is InChI=1S/C23H24FN3O2S/c24-18-6-8-19(9-7-18)26-21(28)20-16-30-23(27(20)22(26)29)11-14-25(15-12-23)13-10-17-4-2-1-3-5-17/h1-9,20H,10-16H2/t20-/m0/s1. The Labute approximate surface area is 179 Å². The van der Waals surface area contributed by atoms with E-state index in [0.717, 1.165) is 38.9 Å². The minimum Gasteiger partial charge on any atom is -0.303 e. The number of benzene rings is 2. The fourth-order valence-corrected chi connectivity index (χ4v) is 6.35. The van der Waals surface area contributed by atoms with E-state index in [9.17, 15) is 14.0 Å². The van der Waals surface area contributed by atoms with Crippen LogP contribution in [0.15, 0.2) is 54.6 Å². The van der Waals surface area contributed by atoms with Gasteiger partial charge in [0.05, 0.1) is 10.6 Å². The molecule has 0 saturated carbocycles. The molecule has 30 heavy (non-hydrogen) atoms. The highest BCUT2D eigenvalue weighted by Gasteiger charge is 2.60. The fourth-order valence-electron chi connectivity index (χ4n) is 4.77. The Kier molecular flexibility index (Phi) is 5.03. The molecule has 5 rings (SSSR count). The molecule has 0 radical (unpaired) electrons. The van der Waals surface area contributed by atoms with Gasteiger partial charge in [-0.3, -0.25) is 9.69 Å². The number of carbonyl (C=O) groups excluding carboxylic acids is 2. The minimum atomic E-state index is -0.413. The number of piperidine rings is 1. The molecule has 5 nitrogen and oxygen atoms in total. The molecular formula is C23H24FN3O2S. The lowest BCUT2D eigenvalue weighted by atomic mass is 10.0. The molecule has 2 aromatic carbocycles. The number of halogens is 1. The van der Waals surface area contributed by atoms with E-state index in [-0.39, 0.29) is 22.6 Å². The van der Waals surface area contributed by atoms with Crippen molar-refractivity contribution in [2.45, 2.75) is 30.2 Å². The number of hydrogen-bond donors (Lipinski definition) is 0. The maximum atomic E-state index is 13.3. The van der Waals surface area contributed by atoms with Crippen LogP contribution in [0.5, 0.6) is 0 Å². The molecule has 7 heteroatoms. The summed E-state index contributed by atoms with van der Waals surface area (Å²) in [6.07, 6.45) is 2.74. The van der Waals surface area contributed by atoms with Gasteiger partial charge in [-0.05, 0) is 49.1 Å². The van der Waals surface area contributed by atoms with Gasteiger partial charge in [-0.1, -0.05) is 30.3 Å². The Morgan fingerprint density at radius 1 is 1.00 bits per heavy atom. The predicted molar refractivity (Wildman–Crippen MR) is 116 cm³/mol. The molecule has 1 atom stereocenters. The van der Waals surface area contributed by atoms with Gasteiger partial charge >= 0.3 is 6.03 Å². The van der Waals surface area contributed by atoms with Gasteiger partial charge in [-0.15, -0.1) is 11.8 Å². The molecule has 3 aliphatic heterocycles. The van der Waals surface area contributed by atoms with Crippen molar-refractivity contribution in [2.75, 3.05) is 30.3 Å². The van der Waals surface area contributed by atoms with Gasteiger partial charge in [0, 0.05) is 25.4 Å². The Hall–Kier alpha value is -2.38. The highest BCUT2D eigenvalue weighted by Crippen LogP contribution is 2.50. The third-order valence-electron chi connectivity index (χ3n) is 6.45. The number of rotatable bonds is 4. The molecule has 3 saturated heterocycles. The molecule has 3 amide bonds. The summed E-state index contributed by atoms with van der Waals surface area (Å²) in [6.45, 7) is 2.84. The lowest BCUT2D eigenvalue weighted by Gasteiger charge is -2.43. The second kappa shape index (κ2) is 7.71. The summed E-state index contributed by atoms with van der Waals surface area (Å²) in [5.41, 5.74) is 1.78. The van der Waals surface area contributed by atoms with Crippen LogP contribution < -0.4 is 4.90 Å². The number of imide groups is 1. The summed E-state index contributed by atoms with van der Waals surface area (Å²) in [6, 6.07) is 15.4. The number of hydrogen-bond acceptors (Lipinski definition) is 4. The van der Waals surface area contributed by atoms with Crippen LogP contribution in [-0.4, -0.2) is 58.0 Å². The van der Waals surface area contributed by atoms with E-state index in [1.54, 1.807) is 11.8 Å². The lowest BCUT2D eigenvalue weighted by Crippen LogP contribution is -2.53. The molecule has 156 valence electrons. The lowest BCUT2D eigenvalue weighted by molar-refractivity contribution is -0.119. The van der Waals surface area contributed by atoms with Gasteiger partial charge < -0.3 is 4.90 Å². The Morgan fingerprint density at radius 2 is 1.70 bits per heavy atom. The van der Waals surface area contributed by atoms with Crippen LogP contribution in [0.2, 0.25) is 0 Å². The molecule has 0 aliphatic carbocycles. The van der Waals surface area contributed by atoms with Crippen LogP contribution >= 0.6 is 11.8 Å².